The molecule has 1 fully saturated rings. The summed E-state index contributed by atoms with van der Waals surface area (Å²) in [6.45, 7) is 12.4. The van der Waals surface area contributed by atoms with E-state index in [0.29, 0.717) is 42.9 Å². The van der Waals surface area contributed by atoms with E-state index in [4.69, 9.17) is 15.0 Å². The minimum Gasteiger partial charge on any atom is -0.405 e. The number of nitrogens with two attached hydrogens (primary N) is 1. The Kier molecular flexibility index (Phi) is 10.5. The molecule has 2 aliphatic heterocycles. The van der Waals surface area contributed by atoms with Crippen LogP contribution in [-0.2, 0) is 11.3 Å². The molecule has 0 amide bonds. The summed E-state index contributed by atoms with van der Waals surface area (Å²) in [5, 5.41) is 4.09. The van der Waals surface area contributed by atoms with Gasteiger partial charge in [-0.25, -0.2) is 19.4 Å². The number of aromatic nitrogens is 2. The van der Waals surface area contributed by atoms with Crippen LogP contribution in [0.1, 0.15) is 57.5 Å². The monoisotopic (exact) mass is 478 g/mol. The molecule has 2 aliphatic rings. The van der Waals surface area contributed by atoms with Gasteiger partial charge in [-0.1, -0.05) is 44.3 Å². The van der Waals surface area contributed by atoms with Gasteiger partial charge in [-0.15, -0.1) is 6.42 Å². The van der Waals surface area contributed by atoms with E-state index in [-0.39, 0.29) is 63.3 Å². The number of benzene rings is 1. The van der Waals surface area contributed by atoms with Crippen molar-refractivity contribution >= 4 is 12.2 Å². The predicted octanol–water partition coefficient (Wildman–Crippen LogP) is 1.29. The van der Waals surface area contributed by atoms with Crippen molar-refractivity contribution in [2.75, 3.05) is 6.61 Å². The summed E-state index contributed by atoms with van der Waals surface area (Å²) in [5.41, 5.74) is 8.12. The number of halogens is 1. The number of hydrogen-bond donors (Lipinski definition) is 1. The average molecular weight is 479 g/mol. The third-order valence-electron chi connectivity index (χ3n) is 4.94. The topological polar surface area (TPSA) is 102 Å². The third-order valence-corrected chi connectivity index (χ3v) is 4.94. The van der Waals surface area contributed by atoms with Crippen molar-refractivity contribution in [3.63, 3.8) is 0 Å². The zero-order valence-electron chi connectivity index (χ0n) is 19.8. The van der Waals surface area contributed by atoms with Gasteiger partial charge in [0.05, 0.1) is 18.3 Å². The predicted molar refractivity (Wildman–Crippen MR) is 121 cm³/mol. The zero-order valence-corrected chi connectivity index (χ0v) is 22.9. The maximum absolute atomic E-state index is 13.1. The van der Waals surface area contributed by atoms with Crippen molar-refractivity contribution in [3.8, 4) is 0 Å². The van der Waals surface area contributed by atoms with E-state index < -0.39 is 0 Å². The van der Waals surface area contributed by atoms with Gasteiger partial charge in [-0.3, -0.25) is 5.92 Å². The smallest absolute Gasteiger partial charge is 0.405 e. The molecule has 2 aromatic rings. The summed E-state index contributed by atoms with van der Waals surface area (Å²) in [4.78, 5) is 14.8. The van der Waals surface area contributed by atoms with Gasteiger partial charge >= 0.3 is 51.4 Å². The second-order valence-electron chi connectivity index (χ2n) is 7.19. The van der Waals surface area contributed by atoms with Crippen molar-refractivity contribution in [3.05, 3.63) is 76.9 Å². The van der Waals surface area contributed by atoms with E-state index in [1.165, 1.54) is 12.1 Å². The van der Waals surface area contributed by atoms with Gasteiger partial charge in [-0.05, 0) is 31.5 Å². The Morgan fingerprint density at radius 2 is 2.03 bits per heavy atom. The molecule has 3 heterocycles. The van der Waals surface area contributed by atoms with Gasteiger partial charge in [-0.2, -0.15) is 0 Å². The maximum atomic E-state index is 13.1. The van der Waals surface area contributed by atoms with Gasteiger partial charge in [0.15, 0.2) is 5.82 Å². The Hall–Kier alpha value is -1.82. The number of allylic oxidation sites excluding steroid dienone is 1. The molecule has 1 aromatic heterocycles. The number of aliphatic imine (C=N–C) groups is 2. The molecule has 8 nitrogen and oxygen atoms in total. The summed E-state index contributed by atoms with van der Waals surface area (Å²) in [6, 6.07) is 6.31. The number of nitrogens with zero attached hydrogens (tertiary/aromatic N) is 5. The molecule has 0 saturated carbocycles. The first-order valence-corrected chi connectivity index (χ1v) is 10.5. The second-order valence-corrected chi connectivity index (χ2v) is 7.19. The molecular formula is C23H28FKN6O2. The van der Waals surface area contributed by atoms with Crippen molar-refractivity contribution in [2.45, 2.75) is 46.8 Å². The fourth-order valence-corrected chi connectivity index (χ4v) is 3.25. The van der Waals surface area contributed by atoms with Crippen LogP contribution < -0.4 is 57.1 Å². The summed E-state index contributed by atoms with van der Waals surface area (Å²) in [5.74, 6) is 2.59. The Balaban J connectivity index is 0.00000125. The molecule has 1 saturated heterocycles. The van der Waals surface area contributed by atoms with E-state index in [1.54, 1.807) is 25.4 Å². The van der Waals surface area contributed by atoms with Crippen molar-refractivity contribution in [2.24, 2.45) is 15.7 Å². The Bertz CT molecular complexity index is 1040. The molecule has 10 heteroatoms. The Morgan fingerprint density at radius 3 is 2.70 bits per heavy atom. The van der Waals surface area contributed by atoms with Crippen LogP contribution in [0.5, 0.6) is 0 Å². The van der Waals surface area contributed by atoms with E-state index in [9.17, 15) is 4.39 Å². The summed E-state index contributed by atoms with van der Waals surface area (Å²) in [7, 11) is 0. The quantitative estimate of drug-likeness (QED) is 0.301. The van der Waals surface area contributed by atoms with Crippen LogP contribution in [0.25, 0.3) is 0 Å². The van der Waals surface area contributed by atoms with E-state index in [2.05, 4.69) is 26.7 Å². The van der Waals surface area contributed by atoms with Gasteiger partial charge < -0.3 is 19.9 Å². The molecule has 33 heavy (non-hydrogen) atoms. The molecular weight excluding hydrogens is 450 g/mol. The van der Waals surface area contributed by atoms with Crippen molar-refractivity contribution < 1.29 is 65.0 Å². The number of hydrogen-bond acceptors (Lipinski definition) is 7. The number of rotatable bonds is 5. The molecule has 0 radical (unpaired) electrons. The molecule has 0 spiro atoms. The minimum atomic E-state index is -0.270. The number of ether oxygens (including phenoxy) is 1. The van der Waals surface area contributed by atoms with Crippen LogP contribution in [-0.4, -0.2) is 33.8 Å². The van der Waals surface area contributed by atoms with Crippen molar-refractivity contribution in [1.29, 1.82) is 0 Å². The molecule has 0 bridgehead atoms. The fraction of sp³-hybridized carbons (Fsp3) is 0.348. The summed E-state index contributed by atoms with van der Waals surface area (Å²) in [6.07, 6.45) is 2.11. The zero-order chi connectivity index (χ0) is 23.3. The Morgan fingerprint density at radius 1 is 1.33 bits per heavy atom. The fourth-order valence-electron chi connectivity index (χ4n) is 3.25. The first kappa shape index (κ1) is 27.4. The van der Waals surface area contributed by atoms with E-state index in [1.807, 2.05) is 25.7 Å². The van der Waals surface area contributed by atoms with Crippen LogP contribution in [0.4, 0.5) is 4.39 Å². The van der Waals surface area contributed by atoms with Crippen LogP contribution in [0.15, 0.2) is 62.4 Å². The molecule has 4 rings (SSSR count). The molecule has 170 valence electrons. The molecule has 1 atom stereocenters. The van der Waals surface area contributed by atoms with Crippen LogP contribution in [0.2, 0.25) is 0 Å². The summed E-state index contributed by atoms with van der Waals surface area (Å²) < 4.78 is 24.4. The maximum Gasteiger partial charge on any atom is 1.00 e. The first-order chi connectivity index (χ1) is 15.4. The van der Waals surface area contributed by atoms with Crippen molar-refractivity contribution in [1.82, 2.24) is 15.0 Å². The number of amidine groups is 1. The largest absolute Gasteiger partial charge is 1.00 e. The van der Waals surface area contributed by atoms with Crippen LogP contribution in [0, 0.1) is 11.7 Å². The van der Waals surface area contributed by atoms with Gasteiger partial charge in [0.1, 0.15) is 12.4 Å². The molecule has 2 N–H and O–H groups in total. The van der Waals surface area contributed by atoms with E-state index >= 15 is 0 Å². The standard InChI is InChI=1S/C21H22FN6O2.C2H6.K/c1-12-13(2)28(11-24-20(12)25-14(3)23)9-19-26-21(27-30-19)16-8-18(29-10-16)15-4-6-17(22)7-5-15;1-2;/h4-7,11,18H,2,8-10H2,1,3H3,(H2,23,25);1-2H3;/q-1;;+1/t18-;;/m1../s1. The van der Waals surface area contributed by atoms with Crippen LogP contribution in [0.3, 0.4) is 0 Å². The van der Waals surface area contributed by atoms with Gasteiger partial charge in [0.2, 0.25) is 5.89 Å². The molecule has 0 unspecified atom stereocenters. The molecule has 0 aliphatic carbocycles. The Labute approximate surface area is 236 Å². The van der Waals surface area contributed by atoms with Crippen LogP contribution >= 0.6 is 0 Å². The van der Waals surface area contributed by atoms with Gasteiger partial charge in [0, 0.05) is 17.1 Å². The minimum absolute atomic E-state index is 0. The summed E-state index contributed by atoms with van der Waals surface area (Å²) >= 11 is 0. The van der Waals surface area contributed by atoms with E-state index in [0.717, 1.165) is 22.8 Å². The third kappa shape index (κ3) is 6.84. The SMILES string of the molecule is C=C1C(C)=C(/N=C(\C)N)N=CN1Cc1nc([C-]2CO[C@@H](c3ccc(F)cc3)C2)no1.CC.[K+]. The normalized spacial score (nSPS) is 18.3. The second kappa shape index (κ2) is 12.6. The first-order valence-electron chi connectivity index (χ1n) is 10.5. The average Bonchev–Trinajstić information content (AvgIpc) is 3.45. The molecule has 1 aromatic carbocycles. The van der Waals surface area contributed by atoms with Gasteiger partial charge in [0.25, 0.3) is 0 Å².